The van der Waals surface area contributed by atoms with Gasteiger partial charge in [0.05, 0.1) is 6.61 Å². The summed E-state index contributed by atoms with van der Waals surface area (Å²) >= 11 is 5.91. The highest BCUT2D eigenvalue weighted by atomic mass is 35.5. The van der Waals surface area contributed by atoms with Crippen LogP contribution in [0.15, 0.2) is 42.5 Å². The van der Waals surface area contributed by atoms with Crippen molar-refractivity contribution in [3.8, 4) is 17.6 Å². The second-order valence-electron chi connectivity index (χ2n) is 4.29. The minimum absolute atomic E-state index is 0.0598. The Labute approximate surface area is 128 Å². The van der Waals surface area contributed by atoms with Crippen molar-refractivity contribution in [1.29, 1.82) is 5.26 Å². The average molecular weight is 304 g/mol. The fraction of sp³-hybridized carbons (Fsp3) is 0.188. The van der Waals surface area contributed by atoms with Crippen LogP contribution in [0.5, 0.6) is 11.5 Å². The molecule has 0 fully saturated rings. The zero-order chi connectivity index (χ0) is 15.1. The van der Waals surface area contributed by atoms with E-state index in [9.17, 15) is 5.11 Å². The van der Waals surface area contributed by atoms with Crippen LogP contribution in [0.4, 0.5) is 0 Å². The molecule has 21 heavy (non-hydrogen) atoms. The molecule has 0 bridgehead atoms. The molecule has 4 nitrogen and oxygen atoms in total. The predicted octanol–water partition coefficient (Wildman–Crippen LogP) is 3.31. The lowest BCUT2D eigenvalue weighted by Gasteiger charge is -2.11. The van der Waals surface area contributed by atoms with Crippen LogP contribution in [0.1, 0.15) is 11.1 Å². The molecule has 0 saturated heterocycles. The third-order valence-corrected chi connectivity index (χ3v) is 3.02. The summed E-state index contributed by atoms with van der Waals surface area (Å²) in [5, 5.41) is 18.5. The molecule has 0 aliphatic rings. The molecule has 2 rings (SSSR count). The molecule has 0 saturated carbocycles. The summed E-state index contributed by atoms with van der Waals surface area (Å²) in [6.45, 7) is 0.134. The van der Waals surface area contributed by atoms with Gasteiger partial charge in [-0.25, -0.2) is 0 Å². The zero-order valence-electron chi connectivity index (χ0n) is 11.3. The van der Waals surface area contributed by atoms with Gasteiger partial charge in [0.2, 0.25) is 0 Å². The van der Waals surface area contributed by atoms with Crippen molar-refractivity contribution in [3.05, 3.63) is 58.6 Å². The van der Waals surface area contributed by atoms with E-state index in [-0.39, 0.29) is 13.2 Å². The molecule has 0 aliphatic carbocycles. The van der Waals surface area contributed by atoms with Crippen LogP contribution in [0.25, 0.3) is 0 Å². The molecule has 1 N–H and O–H groups in total. The normalized spacial score (nSPS) is 9.95. The maximum absolute atomic E-state index is 9.33. The Balaban J connectivity index is 2.05. The third-order valence-electron chi connectivity index (χ3n) is 2.79. The SMILES string of the molecule is N#CCOc1ccc(OCc2cccc(Cl)c2)cc1CO. The summed E-state index contributed by atoms with van der Waals surface area (Å²) < 4.78 is 10.9. The van der Waals surface area contributed by atoms with Crippen LogP contribution >= 0.6 is 11.6 Å². The first-order valence-corrected chi connectivity index (χ1v) is 6.71. The first-order chi connectivity index (χ1) is 10.2. The van der Waals surface area contributed by atoms with E-state index in [1.165, 1.54) is 0 Å². The number of benzene rings is 2. The van der Waals surface area contributed by atoms with E-state index >= 15 is 0 Å². The van der Waals surface area contributed by atoms with Gasteiger partial charge in [0, 0.05) is 10.6 Å². The smallest absolute Gasteiger partial charge is 0.174 e. The highest BCUT2D eigenvalue weighted by Gasteiger charge is 2.06. The van der Waals surface area contributed by atoms with Crippen molar-refractivity contribution in [2.45, 2.75) is 13.2 Å². The van der Waals surface area contributed by atoms with Crippen LogP contribution in [-0.4, -0.2) is 11.7 Å². The third kappa shape index (κ3) is 4.38. The second-order valence-corrected chi connectivity index (χ2v) is 4.73. The Morgan fingerprint density at radius 2 is 2.00 bits per heavy atom. The van der Waals surface area contributed by atoms with Crippen molar-refractivity contribution >= 4 is 11.6 Å². The molecular weight excluding hydrogens is 290 g/mol. The lowest BCUT2D eigenvalue weighted by molar-refractivity contribution is 0.266. The van der Waals surface area contributed by atoms with Crippen LogP contribution in [0.3, 0.4) is 0 Å². The van der Waals surface area contributed by atoms with Gasteiger partial charge in [-0.15, -0.1) is 0 Å². The summed E-state index contributed by atoms with van der Waals surface area (Å²) in [7, 11) is 0. The Hall–Kier alpha value is -2.22. The topological polar surface area (TPSA) is 62.5 Å². The van der Waals surface area contributed by atoms with E-state index < -0.39 is 0 Å². The van der Waals surface area contributed by atoms with Gasteiger partial charge in [-0.2, -0.15) is 5.26 Å². The number of nitriles is 1. The number of hydrogen-bond acceptors (Lipinski definition) is 4. The van der Waals surface area contributed by atoms with Crippen LogP contribution in [0.2, 0.25) is 5.02 Å². The molecule has 0 spiro atoms. The highest BCUT2D eigenvalue weighted by molar-refractivity contribution is 6.30. The second kappa shape index (κ2) is 7.53. The summed E-state index contributed by atoms with van der Waals surface area (Å²) in [5.41, 5.74) is 1.53. The number of rotatable bonds is 6. The van der Waals surface area contributed by atoms with Gasteiger partial charge in [-0.05, 0) is 35.9 Å². The molecule has 0 heterocycles. The van der Waals surface area contributed by atoms with Gasteiger partial charge >= 0.3 is 0 Å². The summed E-state index contributed by atoms with van der Waals surface area (Å²) in [6, 6.07) is 14.4. The summed E-state index contributed by atoms with van der Waals surface area (Å²) in [4.78, 5) is 0. The van der Waals surface area contributed by atoms with E-state index in [2.05, 4.69) is 0 Å². The largest absolute Gasteiger partial charge is 0.489 e. The Morgan fingerprint density at radius 1 is 1.14 bits per heavy atom. The van der Waals surface area contributed by atoms with E-state index in [1.54, 1.807) is 24.3 Å². The van der Waals surface area contributed by atoms with Gasteiger partial charge in [-0.1, -0.05) is 23.7 Å². The standard InChI is InChI=1S/C16H14ClNO3/c17-14-3-1-2-12(8-14)11-21-15-4-5-16(20-7-6-18)13(9-15)10-19/h1-5,8-9,19H,7,10-11H2. The Morgan fingerprint density at radius 3 is 2.71 bits per heavy atom. The molecule has 0 aliphatic heterocycles. The number of ether oxygens (including phenoxy) is 2. The van der Waals surface area contributed by atoms with Crippen molar-refractivity contribution in [3.63, 3.8) is 0 Å². The monoisotopic (exact) mass is 303 g/mol. The first-order valence-electron chi connectivity index (χ1n) is 6.33. The van der Waals surface area contributed by atoms with E-state index in [4.69, 9.17) is 26.3 Å². The maximum atomic E-state index is 9.33. The van der Waals surface area contributed by atoms with Gasteiger partial charge in [0.25, 0.3) is 0 Å². The molecule has 5 heteroatoms. The maximum Gasteiger partial charge on any atom is 0.174 e. The van der Waals surface area contributed by atoms with Crippen LogP contribution < -0.4 is 9.47 Å². The first kappa shape index (κ1) is 15.2. The van der Waals surface area contributed by atoms with Crippen LogP contribution in [0, 0.1) is 11.3 Å². The number of hydrogen-bond donors (Lipinski definition) is 1. The van der Waals surface area contributed by atoms with Crippen LogP contribution in [-0.2, 0) is 13.2 Å². The van der Waals surface area contributed by atoms with Crippen molar-refractivity contribution in [2.75, 3.05) is 6.61 Å². The van der Waals surface area contributed by atoms with Gasteiger partial charge in [-0.3, -0.25) is 0 Å². The van der Waals surface area contributed by atoms with Crippen molar-refractivity contribution in [1.82, 2.24) is 0 Å². The van der Waals surface area contributed by atoms with E-state index in [0.717, 1.165) is 5.56 Å². The summed E-state index contributed by atoms with van der Waals surface area (Å²) in [6.07, 6.45) is 0. The number of nitrogens with zero attached hydrogens (tertiary/aromatic N) is 1. The van der Waals surface area contributed by atoms with Gasteiger partial charge in [0.15, 0.2) is 6.61 Å². The van der Waals surface area contributed by atoms with E-state index in [0.29, 0.717) is 28.7 Å². The zero-order valence-corrected chi connectivity index (χ0v) is 12.0. The molecule has 0 radical (unpaired) electrons. The number of halogens is 1. The van der Waals surface area contributed by atoms with Gasteiger partial charge in [0.1, 0.15) is 24.2 Å². The molecule has 2 aromatic carbocycles. The highest BCUT2D eigenvalue weighted by Crippen LogP contribution is 2.25. The van der Waals surface area contributed by atoms with Crippen molar-refractivity contribution < 1.29 is 14.6 Å². The molecule has 0 unspecified atom stereocenters. The number of aliphatic hydroxyl groups is 1. The quantitative estimate of drug-likeness (QED) is 0.889. The van der Waals surface area contributed by atoms with E-state index in [1.807, 2.05) is 24.3 Å². The fourth-order valence-electron chi connectivity index (χ4n) is 1.81. The summed E-state index contributed by atoms with van der Waals surface area (Å²) in [5.74, 6) is 1.09. The average Bonchev–Trinajstić information content (AvgIpc) is 2.51. The fourth-order valence-corrected chi connectivity index (χ4v) is 2.03. The Kier molecular flexibility index (Phi) is 5.44. The molecule has 0 aromatic heterocycles. The Bertz CT molecular complexity index is 652. The molecule has 2 aromatic rings. The van der Waals surface area contributed by atoms with Crippen molar-refractivity contribution in [2.24, 2.45) is 0 Å². The lowest BCUT2D eigenvalue weighted by atomic mass is 10.2. The molecule has 0 atom stereocenters. The minimum Gasteiger partial charge on any atom is -0.489 e. The molecular formula is C16H14ClNO3. The number of aliphatic hydroxyl groups excluding tert-OH is 1. The molecule has 108 valence electrons. The lowest BCUT2D eigenvalue weighted by Crippen LogP contribution is -2.00. The molecule has 0 amide bonds. The minimum atomic E-state index is -0.185. The predicted molar refractivity (Wildman–Crippen MR) is 79.3 cm³/mol. The van der Waals surface area contributed by atoms with Gasteiger partial charge < -0.3 is 14.6 Å².